The fraction of sp³-hybridized carbons (Fsp3) is 0.485. The van der Waals surface area contributed by atoms with Crippen molar-refractivity contribution >= 4 is 41.8 Å². The number of carbonyl (C=O) groups is 5. The molecular weight excluding hydrogens is 654 g/mol. The molecule has 50 heavy (non-hydrogen) atoms. The maximum Gasteiger partial charge on any atom is 0.514 e. The SMILES string of the molecule is CC(C)(C)OC(=O)NCC=O.CCC.CNCc1cc(NC(=O)C(CCCNC(N)=O)NC)ccc1COC(=O)Oc1ccc([N+](=O)[O-])cc1. The fourth-order valence-corrected chi connectivity index (χ4v) is 3.69. The first kappa shape index (κ1) is 44.7. The number of nitro benzene ring substituents is 1. The molecule has 0 aliphatic carbocycles. The number of nitrogens with one attached hydrogen (secondary N) is 5. The topological polar surface area (TPSA) is 242 Å². The van der Waals surface area contributed by atoms with E-state index in [-0.39, 0.29) is 30.5 Å². The van der Waals surface area contributed by atoms with Gasteiger partial charge in [0.2, 0.25) is 5.91 Å². The zero-order chi connectivity index (χ0) is 38.1. The minimum absolute atomic E-state index is 0.00505. The van der Waals surface area contributed by atoms with Gasteiger partial charge in [0, 0.05) is 30.9 Å². The number of nitro groups is 1. The molecule has 2 aromatic carbocycles. The number of nitrogens with zero attached hydrogens (tertiary/aromatic N) is 1. The van der Waals surface area contributed by atoms with Gasteiger partial charge in [-0.3, -0.25) is 14.9 Å². The van der Waals surface area contributed by atoms with Crippen molar-refractivity contribution in [1.29, 1.82) is 0 Å². The molecule has 17 nitrogen and oxygen atoms in total. The van der Waals surface area contributed by atoms with E-state index in [1.807, 2.05) is 0 Å². The molecule has 7 N–H and O–H groups in total. The van der Waals surface area contributed by atoms with Crippen LogP contribution < -0.4 is 37.1 Å². The molecule has 1 atom stereocenters. The van der Waals surface area contributed by atoms with Crippen LogP contribution in [-0.4, -0.2) is 74.2 Å². The summed E-state index contributed by atoms with van der Waals surface area (Å²) >= 11 is 0. The Kier molecular flexibility index (Phi) is 22.2. The number of alkyl carbamates (subject to hydrolysis) is 1. The van der Waals surface area contributed by atoms with E-state index < -0.39 is 34.8 Å². The monoisotopic (exact) mass is 705 g/mol. The van der Waals surface area contributed by atoms with E-state index in [0.29, 0.717) is 43.5 Å². The summed E-state index contributed by atoms with van der Waals surface area (Å²) < 4.78 is 15.1. The van der Waals surface area contributed by atoms with Crippen molar-refractivity contribution in [3.8, 4) is 5.75 Å². The van der Waals surface area contributed by atoms with Crippen LogP contribution >= 0.6 is 0 Å². The van der Waals surface area contributed by atoms with Crippen LogP contribution in [0.5, 0.6) is 5.75 Å². The Morgan fingerprint density at radius 3 is 2.16 bits per heavy atom. The Hall–Kier alpha value is -5.29. The van der Waals surface area contributed by atoms with Crippen LogP contribution in [0.3, 0.4) is 0 Å². The number of rotatable bonds is 15. The van der Waals surface area contributed by atoms with Crippen LogP contribution in [0.15, 0.2) is 42.5 Å². The van der Waals surface area contributed by atoms with E-state index in [0.717, 1.165) is 5.56 Å². The number of non-ortho nitro benzene ring substituents is 1. The molecule has 0 radical (unpaired) electrons. The molecule has 0 fully saturated rings. The fourth-order valence-electron chi connectivity index (χ4n) is 3.69. The zero-order valence-corrected chi connectivity index (χ0v) is 29.8. The molecule has 2 aromatic rings. The first-order chi connectivity index (χ1) is 23.6. The van der Waals surface area contributed by atoms with Crippen LogP contribution in [0.25, 0.3) is 0 Å². The van der Waals surface area contributed by atoms with Crippen molar-refractivity contribution < 1.29 is 43.1 Å². The number of likely N-dealkylation sites (N-methyl/N-ethyl adjacent to an activating group) is 1. The zero-order valence-electron chi connectivity index (χ0n) is 29.8. The second-order valence-corrected chi connectivity index (χ2v) is 11.4. The molecule has 278 valence electrons. The van der Waals surface area contributed by atoms with E-state index >= 15 is 0 Å². The number of ether oxygens (including phenoxy) is 3. The molecule has 17 heteroatoms. The van der Waals surface area contributed by atoms with Gasteiger partial charge in [-0.25, -0.2) is 14.4 Å². The van der Waals surface area contributed by atoms with Crippen LogP contribution in [0, 0.1) is 10.1 Å². The predicted molar refractivity (Wildman–Crippen MR) is 188 cm³/mol. The van der Waals surface area contributed by atoms with Gasteiger partial charge in [0.25, 0.3) is 5.69 Å². The Labute approximate surface area is 292 Å². The lowest BCUT2D eigenvalue weighted by Crippen LogP contribution is -2.39. The van der Waals surface area contributed by atoms with Crippen molar-refractivity contribution in [3.63, 3.8) is 0 Å². The van der Waals surface area contributed by atoms with Crippen molar-refractivity contribution in [3.05, 3.63) is 63.7 Å². The number of benzene rings is 2. The molecule has 0 aliphatic heterocycles. The molecular formula is C33H51N7O10. The van der Waals surface area contributed by atoms with Crippen LogP contribution in [-0.2, 0) is 32.2 Å². The average Bonchev–Trinajstić information content (AvgIpc) is 3.03. The summed E-state index contributed by atoms with van der Waals surface area (Å²) in [6.07, 6.45) is 1.39. The van der Waals surface area contributed by atoms with Gasteiger partial charge in [-0.2, -0.15) is 0 Å². The highest BCUT2D eigenvalue weighted by atomic mass is 16.7. The van der Waals surface area contributed by atoms with Gasteiger partial charge in [-0.05, 0) is 83.1 Å². The average molecular weight is 706 g/mol. The molecule has 0 bridgehead atoms. The van der Waals surface area contributed by atoms with Gasteiger partial charge in [0.05, 0.1) is 17.5 Å². The summed E-state index contributed by atoms with van der Waals surface area (Å²) in [5.74, 6) is -0.119. The smallest absolute Gasteiger partial charge is 0.444 e. The minimum atomic E-state index is -0.959. The van der Waals surface area contributed by atoms with Crippen molar-refractivity contribution in [2.45, 2.75) is 78.7 Å². The molecule has 4 amide bonds. The first-order valence-corrected chi connectivity index (χ1v) is 15.9. The molecule has 1 unspecified atom stereocenters. The van der Waals surface area contributed by atoms with Gasteiger partial charge in [0.1, 0.15) is 24.2 Å². The van der Waals surface area contributed by atoms with Crippen molar-refractivity contribution in [2.24, 2.45) is 5.73 Å². The number of hydrogen-bond acceptors (Lipinski definition) is 12. The number of hydrogen-bond donors (Lipinski definition) is 6. The predicted octanol–water partition coefficient (Wildman–Crippen LogP) is 4.13. The lowest BCUT2D eigenvalue weighted by Gasteiger charge is -2.18. The van der Waals surface area contributed by atoms with E-state index in [4.69, 9.17) is 19.9 Å². The third-order valence-corrected chi connectivity index (χ3v) is 5.80. The third-order valence-electron chi connectivity index (χ3n) is 5.80. The van der Waals surface area contributed by atoms with E-state index in [2.05, 4.69) is 40.4 Å². The van der Waals surface area contributed by atoms with Crippen LogP contribution in [0.2, 0.25) is 0 Å². The quantitative estimate of drug-likeness (QED) is 0.0383. The Morgan fingerprint density at radius 1 is 1.00 bits per heavy atom. The van der Waals surface area contributed by atoms with Crippen LogP contribution in [0.1, 0.15) is 65.0 Å². The maximum absolute atomic E-state index is 12.6. The first-order valence-electron chi connectivity index (χ1n) is 15.9. The highest BCUT2D eigenvalue weighted by molar-refractivity contribution is 5.95. The summed E-state index contributed by atoms with van der Waals surface area (Å²) in [6.45, 7) is 10.3. The number of aldehydes is 1. The lowest BCUT2D eigenvalue weighted by molar-refractivity contribution is -0.384. The molecule has 0 spiro atoms. The normalized spacial score (nSPS) is 10.8. The van der Waals surface area contributed by atoms with Gasteiger partial charge in [-0.1, -0.05) is 26.3 Å². The van der Waals surface area contributed by atoms with Gasteiger partial charge >= 0.3 is 18.3 Å². The minimum Gasteiger partial charge on any atom is -0.444 e. The highest BCUT2D eigenvalue weighted by Gasteiger charge is 2.18. The summed E-state index contributed by atoms with van der Waals surface area (Å²) in [4.78, 5) is 66.1. The van der Waals surface area contributed by atoms with Crippen molar-refractivity contribution in [1.82, 2.24) is 21.3 Å². The largest absolute Gasteiger partial charge is 0.514 e. The number of amides is 4. The summed E-state index contributed by atoms with van der Waals surface area (Å²) in [7, 11) is 3.43. The Bertz CT molecular complexity index is 1370. The summed E-state index contributed by atoms with van der Waals surface area (Å²) in [5.41, 5.74) is 6.47. The number of primary amides is 1. The molecule has 0 saturated heterocycles. The number of nitrogens with two attached hydrogens (primary N) is 1. The number of urea groups is 1. The van der Waals surface area contributed by atoms with Gasteiger partial charge in [-0.15, -0.1) is 0 Å². The number of carbonyl (C=O) groups excluding carboxylic acids is 5. The maximum atomic E-state index is 12.6. The van der Waals surface area contributed by atoms with E-state index in [1.165, 1.54) is 30.7 Å². The van der Waals surface area contributed by atoms with Gasteiger partial charge in [0.15, 0.2) is 0 Å². The molecule has 0 heterocycles. The molecule has 0 saturated carbocycles. The summed E-state index contributed by atoms with van der Waals surface area (Å²) in [5, 5.41) is 24.3. The molecule has 0 aliphatic rings. The van der Waals surface area contributed by atoms with Crippen molar-refractivity contribution in [2.75, 3.05) is 32.5 Å². The van der Waals surface area contributed by atoms with Gasteiger partial charge < -0.3 is 51.3 Å². The second-order valence-electron chi connectivity index (χ2n) is 11.4. The third kappa shape index (κ3) is 20.8. The standard InChI is InChI=1S/C23H30N6O7.C7H13NO3.C3H8/c1-25-13-16-12-17(28-21(30)20(26-2)4-3-11-27-22(24)31)6-5-15(16)14-35-23(32)36-19-9-7-18(8-10-19)29(33)34;1-7(2,3)11-6(10)8-4-5-9;1-3-2/h5-10,12,20,25-26H,3-4,11,13-14H2,1-2H3,(H,28,30)(H3,24,27,31);5H,4H2,1-3H3,(H,8,10);3H2,1-2H3. The molecule has 2 rings (SSSR count). The summed E-state index contributed by atoms with van der Waals surface area (Å²) in [6, 6.07) is 9.16. The molecule has 0 aromatic heterocycles. The van der Waals surface area contributed by atoms with Crippen LogP contribution in [0.4, 0.5) is 25.8 Å². The van der Waals surface area contributed by atoms with E-state index in [1.54, 1.807) is 53.1 Å². The highest BCUT2D eigenvalue weighted by Crippen LogP contribution is 2.20. The van der Waals surface area contributed by atoms with E-state index in [9.17, 15) is 34.1 Å². The Morgan fingerprint density at radius 2 is 1.64 bits per heavy atom. The lowest BCUT2D eigenvalue weighted by atomic mass is 10.1. The second kappa shape index (κ2) is 24.8. The Balaban J connectivity index is 0.00000144. The number of anilines is 1.